The molecule has 2 N–H and O–H groups in total. The zero-order chi connectivity index (χ0) is 13.1. The number of benzene rings is 1. The average molecular weight is 254 g/mol. The van der Waals surface area contributed by atoms with Gasteiger partial charge in [-0.25, -0.2) is 8.78 Å². The first-order valence-corrected chi connectivity index (χ1v) is 5.56. The van der Waals surface area contributed by atoms with Crippen LogP contribution in [0, 0.1) is 17.6 Å². The summed E-state index contributed by atoms with van der Waals surface area (Å²) in [5.41, 5.74) is 0.319. The Kier molecular flexibility index (Phi) is 3.55. The van der Waals surface area contributed by atoms with Crippen molar-refractivity contribution in [2.75, 3.05) is 6.54 Å². The van der Waals surface area contributed by atoms with Gasteiger partial charge in [-0.1, -0.05) is 0 Å². The van der Waals surface area contributed by atoms with Crippen LogP contribution >= 0.6 is 0 Å². The molecule has 0 aliphatic carbocycles. The predicted molar refractivity (Wildman–Crippen MR) is 59.3 cm³/mol. The highest BCUT2D eigenvalue weighted by Gasteiger charge is 2.30. The summed E-state index contributed by atoms with van der Waals surface area (Å²) in [6.07, 6.45) is 0.447. The molecule has 0 aromatic heterocycles. The largest absolute Gasteiger partial charge is 0.355 e. The SMILES string of the molecule is O=C1NCCC1C(=O)NCc1cc(F)cc(F)c1. The number of hydrogen-bond acceptors (Lipinski definition) is 2. The maximum atomic E-state index is 12.9. The lowest BCUT2D eigenvalue weighted by atomic mass is 10.1. The Balaban J connectivity index is 1.95. The van der Waals surface area contributed by atoms with Gasteiger partial charge in [0, 0.05) is 19.2 Å². The summed E-state index contributed by atoms with van der Waals surface area (Å²) in [5, 5.41) is 5.04. The average Bonchev–Trinajstić information content (AvgIpc) is 2.71. The summed E-state index contributed by atoms with van der Waals surface area (Å²) in [5.74, 6) is -2.83. The van der Waals surface area contributed by atoms with Gasteiger partial charge in [-0.3, -0.25) is 9.59 Å². The van der Waals surface area contributed by atoms with Crippen LogP contribution in [0.4, 0.5) is 8.78 Å². The van der Waals surface area contributed by atoms with Crippen LogP contribution in [-0.4, -0.2) is 18.4 Å². The highest BCUT2D eigenvalue weighted by molar-refractivity contribution is 6.01. The summed E-state index contributed by atoms with van der Waals surface area (Å²) < 4.78 is 25.8. The Bertz CT molecular complexity index is 471. The van der Waals surface area contributed by atoms with E-state index in [2.05, 4.69) is 10.6 Å². The summed E-state index contributed by atoms with van der Waals surface area (Å²) in [4.78, 5) is 22.9. The molecule has 0 radical (unpaired) electrons. The first-order chi connectivity index (χ1) is 8.56. The number of hydrogen-bond donors (Lipinski definition) is 2. The molecule has 96 valence electrons. The van der Waals surface area contributed by atoms with E-state index in [-0.39, 0.29) is 12.5 Å². The third kappa shape index (κ3) is 2.82. The third-order valence-corrected chi connectivity index (χ3v) is 2.75. The maximum Gasteiger partial charge on any atom is 0.232 e. The summed E-state index contributed by atoms with van der Waals surface area (Å²) in [6, 6.07) is 3.03. The van der Waals surface area contributed by atoms with Crippen molar-refractivity contribution >= 4 is 11.8 Å². The molecule has 0 saturated carbocycles. The first-order valence-electron chi connectivity index (χ1n) is 5.56. The molecule has 1 fully saturated rings. The highest BCUT2D eigenvalue weighted by atomic mass is 19.1. The molecule has 1 aliphatic heterocycles. The van der Waals surface area contributed by atoms with E-state index in [1.165, 1.54) is 0 Å². The lowest BCUT2D eigenvalue weighted by Crippen LogP contribution is -2.34. The van der Waals surface area contributed by atoms with Crippen LogP contribution in [0.3, 0.4) is 0 Å². The van der Waals surface area contributed by atoms with E-state index >= 15 is 0 Å². The number of halogens is 2. The van der Waals surface area contributed by atoms with Crippen LogP contribution in [-0.2, 0) is 16.1 Å². The summed E-state index contributed by atoms with van der Waals surface area (Å²) in [7, 11) is 0. The van der Waals surface area contributed by atoms with E-state index in [1.54, 1.807) is 0 Å². The molecule has 1 aliphatic rings. The smallest absolute Gasteiger partial charge is 0.232 e. The summed E-state index contributed by atoms with van der Waals surface area (Å²) >= 11 is 0. The van der Waals surface area contributed by atoms with Gasteiger partial charge < -0.3 is 10.6 Å². The minimum absolute atomic E-state index is 0.00269. The molecular formula is C12H12F2N2O2. The lowest BCUT2D eigenvalue weighted by Gasteiger charge is -2.09. The monoisotopic (exact) mass is 254 g/mol. The van der Waals surface area contributed by atoms with Gasteiger partial charge >= 0.3 is 0 Å². The van der Waals surface area contributed by atoms with Gasteiger partial charge in [-0.2, -0.15) is 0 Å². The molecule has 1 aromatic rings. The van der Waals surface area contributed by atoms with E-state index in [0.717, 1.165) is 18.2 Å². The molecule has 6 heteroatoms. The quantitative estimate of drug-likeness (QED) is 0.781. The zero-order valence-corrected chi connectivity index (χ0v) is 9.50. The van der Waals surface area contributed by atoms with E-state index in [4.69, 9.17) is 0 Å². The van der Waals surface area contributed by atoms with Crippen molar-refractivity contribution in [1.29, 1.82) is 0 Å². The molecule has 18 heavy (non-hydrogen) atoms. The van der Waals surface area contributed by atoms with Gasteiger partial charge in [0.15, 0.2) is 0 Å². The third-order valence-electron chi connectivity index (χ3n) is 2.75. The topological polar surface area (TPSA) is 58.2 Å². The normalized spacial score (nSPS) is 18.6. The second-order valence-corrected chi connectivity index (χ2v) is 4.13. The minimum atomic E-state index is -0.705. The number of rotatable bonds is 3. The van der Waals surface area contributed by atoms with Crippen LogP contribution in [0.15, 0.2) is 18.2 Å². The molecule has 1 aromatic carbocycles. The Morgan fingerprint density at radius 3 is 2.56 bits per heavy atom. The van der Waals surface area contributed by atoms with E-state index in [1.807, 2.05) is 0 Å². The van der Waals surface area contributed by atoms with Crippen LogP contribution in [0.1, 0.15) is 12.0 Å². The Morgan fingerprint density at radius 1 is 1.33 bits per heavy atom. The first kappa shape index (κ1) is 12.5. The number of carbonyl (C=O) groups is 2. The fourth-order valence-electron chi connectivity index (χ4n) is 1.87. The fourth-order valence-corrected chi connectivity index (χ4v) is 1.87. The molecule has 1 heterocycles. The maximum absolute atomic E-state index is 12.9. The fraction of sp³-hybridized carbons (Fsp3) is 0.333. The Hall–Kier alpha value is -1.98. The van der Waals surface area contributed by atoms with Crippen LogP contribution in [0.2, 0.25) is 0 Å². The van der Waals surface area contributed by atoms with Crippen molar-refractivity contribution in [1.82, 2.24) is 10.6 Å². The van der Waals surface area contributed by atoms with Crippen LogP contribution in [0.25, 0.3) is 0 Å². The van der Waals surface area contributed by atoms with E-state index in [0.29, 0.717) is 18.5 Å². The minimum Gasteiger partial charge on any atom is -0.355 e. The summed E-state index contributed by atoms with van der Waals surface area (Å²) in [6.45, 7) is 0.475. The molecule has 2 amide bonds. The highest BCUT2D eigenvalue weighted by Crippen LogP contribution is 2.11. The van der Waals surface area contributed by atoms with Gasteiger partial charge in [0.1, 0.15) is 17.6 Å². The second-order valence-electron chi connectivity index (χ2n) is 4.13. The van der Waals surface area contributed by atoms with Gasteiger partial charge in [0.05, 0.1) is 0 Å². The van der Waals surface area contributed by atoms with Gasteiger partial charge in [-0.15, -0.1) is 0 Å². The Morgan fingerprint density at radius 2 is 2.00 bits per heavy atom. The zero-order valence-electron chi connectivity index (χ0n) is 9.50. The second kappa shape index (κ2) is 5.12. The van der Waals surface area contributed by atoms with Crippen LogP contribution < -0.4 is 10.6 Å². The molecule has 0 spiro atoms. The lowest BCUT2D eigenvalue weighted by molar-refractivity contribution is -0.133. The molecule has 4 nitrogen and oxygen atoms in total. The van der Waals surface area contributed by atoms with Crippen molar-refractivity contribution in [3.05, 3.63) is 35.4 Å². The van der Waals surface area contributed by atoms with Crippen molar-refractivity contribution in [3.63, 3.8) is 0 Å². The van der Waals surface area contributed by atoms with Gasteiger partial charge in [0.25, 0.3) is 0 Å². The van der Waals surface area contributed by atoms with Crippen molar-refractivity contribution in [2.45, 2.75) is 13.0 Å². The van der Waals surface area contributed by atoms with E-state index in [9.17, 15) is 18.4 Å². The van der Waals surface area contributed by atoms with Crippen molar-refractivity contribution in [3.8, 4) is 0 Å². The molecule has 1 unspecified atom stereocenters. The van der Waals surface area contributed by atoms with Crippen LogP contribution in [0.5, 0.6) is 0 Å². The molecule has 0 bridgehead atoms. The van der Waals surface area contributed by atoms with Crippen molar-refractivity contribution < 1.29 is 18.4 Å². The predicted octanol–water partition coefficient (Wildman–Crippen LogP) is 0.717. The molecule has 1 saturated heterocycles. The number of carbonyl (C=O) groups excluding carboxylic acids is 2. The molecule has 1 atom stereocenters. The van der Waals surface area contributed by atoms with Crippen molar-refractivity contribution in [2.24, 2.45) is 5.92 Å². The van der Waals surface area contributed by atoms with Gasteiger partial charge in [-0.05, 0) is 24.1 Å². The standard InChI is InChI=1S/C12H12F2N2O2/c13-8-3-7(4-9(14)5-8)6-16-12(18)10-1-2-15-11(10)17/h3-5,10H,1-2,6H2,(H,15,17)(H,16,18). The number of nitrogens with one attached hydrogen (secondary N) is 2. The molecular weight excluding hydrogens is 242 g/mol. The number of amides is 2. The molecule has 2 rings (SSSR count). The van der Waals surface area contributed by atoms with Gasteiger partial charge in [0.2, 0.25) is 11.8 Å². The Labute approximate surface area is 102 Å². The van der Waals surface area contributed by atoms with E-state index < -0.39 is 23.5 Å².